The monoisotopic (exact) mass is 255 g/mol. The molecule has 0 aliphatic rings. The van der Waals surface area contributed by atoms with Crippen molar-refractivity contribution in [1.29, 1.82) is 0 Å². The van der Waals surface area contributed by atoms with Gasteiger partial charge in [-0.3, -0.25) is 9.00 Å². The molecule has 0 saturated carbocycles. The molecule has 1 unspecified atom stereocenters. The first-order chi connectivity index (χ1) is 8.00. The summed E-state index contributed by atoms with van der Waals surface area (Å²) < 4.78 is 10.8. The van der Waals surface area contributed by atoms with Gasteiger partial charge < -0.3 is 10.4 Å². The Morgan fingerprint density at radius 3 is 2.59 bits per heavy atom. The van der Waals surface area contributed by atoms with Crippen molar-refractivity contribution in [3.05, 3.63) is 35.4 Å². The number of hydrogen-bond acceptors (Lipinski definition) is 3. The number of benzene rings is 1. The third kappa shape index (κ3) is 4.36. The van der Waals surface area contributed by atoms with Gasteiger partial charge in [-0.25, -0.2) is 4.79 Å². The van der Waals surface area contributed by atoms with E-state index >= 15 is 0 Å². The molecule has 0 radical (unpaired) electrons. The zero-order valence-corrected chi connectivity index (χ0v) is 10.1. The summed E-state index contributed by atoms with van der Waals surface area (Å²) in [6, 6.07) is 5.77. The molecule has 6 heteroatoms. The number of amides is 1. The molecule has 1 rings (SSSR count). The maximum Gasteiger partial charge on any atom is 0.335 e. The van der Waals surface area contributed by atoms with Gasteiger partial charge in [0.05, 0.1) is 5.56 Å². The van der Waals surface area contributed by atoms with Crippen molar-refractivity contribution < 1.29 is 18.9 Å². The highest BCUT2D eigenvalue weighted by molar-refractivity contribution is 7.84. The largest absolute Gasteiger partial charge is 0.478 e. The van der Waals surface area contributed by atoms with Crippen LogP contribution in [-0.2, 0) is 10.8 Å². The molecule has 0 aliphatic carbocycles. The molecule has 1 aromatic rings. The fourth-order valence-corrected chi connectivity index (χ4v) is 1.59. The van der Waals surface area contributed by atoms with Gasteiger partial charge in [0.15, 0.2) is 0 Å². The van der Waals surface area contributed by atoms with E-state index in [2.05, 4.69) is 5.32 Å². The van der Waals surface area contributed by atoms with Crippen LogP contribution >= 0.6 is 0 Å². The highest BCUT2D eigenvalue weighted by Gasteiger charge is 2.08. The second-order valence-electron chi connectivity index (χ2n) is 3.42. The number of carbonyl (C=O) groups excluding carboxylic acids is 1. The average molecular weight is 255 g/mol. The van der Waals surface area contributed by atoms with Crippen LogP contribution in [-0.4, -0.2) is 39.7 Å². The van der Waals surface area contributed by atoms with Crippen LogP contribution in [0.4, 0.5) is 0 Å². The minimum Gasteiger partial charge on any atom is -0.478 e. The lowest BCUT2D eigenvalue weighted by molar-refractivity contribution is 0.0697. The number of rotatable bonds is 5. The SMILES string of the molecule is CS(=O)CCNC(=O)c1cccc(C(=O)O)c1. The van der Waals surface area contributed by atoms with E-state index in [0.717, 1.165) is 0 Å². The Labute approximate surface area is 101 Å². The van der Waals surface area contributed by atoms with Crippen molar-refractivity contribution in [2.24, 2.45) is 0 Å². The summed E-state index contributed by atoms with van der Waals surface area (Å²) in [6.45, 7) is 0.305. The molecule has 2 N–H and O–H groups in total. The van der Waals surface area contributed by atoms with E-state index in [1.807, 2.05) is 0 Å². The normalized spacial score (nSPS) is 11.8. The Morgan fingerprint density at radius 1 is 1.35 bits per heavy atom. The van der Waals surface area contributed by atoms with E-state index < -0.39 is 16.8 Å². The van der Waals surface area contributed by atoms with Crippen molar-refractivity contribution >= 4 is 22.7 Å². The molecule has 0 fully saturated rings. The molecular weight excluding hydrogens is 242 g/mol. The van der Waals surface area contributed by atoms with E-state index in [-0.39, 0.29) is 17.0 Å². The van der Waals surface area contributed by atoms with Gasteiger partial charge in [0, 0.05) is 34.9 Å². The summed E-state index contributed by atoms with van der Waals surface area (Å²) >= 11 is 0. The first-order valence-corrected chi connectivity index (χ1v) is 6.65. The Hall–Kier alpha value is -1.69. The molecular formula is C11H13NO4S. The van der Waals surface area contributed by atoms with Crippen LogP contribution in [0.1, 0.15) is 20.7 Å². The summed E-state index contributed by atoms with van der Waals surface area (Å²) in [5.74, 6) is -1.06. The zero-order valence-electron chi connectivity index (χ0n) is 9.30. The first kappa shape index (κ1) is 13.4. The molecule has 1 atom stereocenters. The molecule has 0 spiro atoms. The van der Waals surface area contributed by atoms with Gasteiger partial charge in [-0.1, -0.05) is 6.07 Å². The van der Waals surface area contributed by atoms with Crippen LogP contribution < -0.4 is 5.32 Å². The van der Waals surface area contributed by atoms with Gasteiger partial charge in [0.2, 0.25) is 0 Å². The minimum absolute atomic E-state index is 0.0664. The van der Waals surface area contributed by atoms with Gasteiger partial charge >= 0.3 is 5.97 Å². The summed E-state index contributed by atoms with van der Waals surface area (Å²) in [5.41, 5.74) is 0.350. The van der Waals surface area contributed by atoms with E-state index in [1.54, 1.807) is 6.26 Å². The first-order valence-electron chi connectivity index (χ1n) is 4.92. The van der Waals surface area contributed by atoms with Crippen LogP contribution in [0.15, 0.2) is 24.3 Å². The molecule has 92 valence electrons. The molecule has 0 heterocycles. The Morgan fingerprint density at radius 2 is 2.00 bits per heavy atom. The molecule has 0 saturated heterocycles. The van der Waals surface area contributed by atoms with Crippen molar-refractivity contribution in [3.8, 4) is 0 Å². The number of nitrogens with one attached hydrogen (secondary N) is 1. The molecule has 1 amide bonds. The number of carboxylic acids is 1. The maximum absolute atomic E-state index is 11.6. The summed E-state index contributed by atoms with van der Waals surface area (Å²) in [5, 5.41) is 11.3. The van der Waals surface area contributed by atoms with Gasteiger partial charge in [-0.2, -0.15) is 0 Å². The lowest BCUT2D eigenvalue weighted by Crippen LogP contribution is -2.27. The third-order valence-corrected chi connectivity index (χ3v) is 2.83. The second-order valence-corrected chi connectivity index (χ2v) is 4.97. The molecule has 0 aliphatic heterocycles. The zero-order chi connectivity index (χ0) is 12.8. The van der Waals surface area contributed by atoms with Crippen LogP contribution in [0, 0.1) is 0 Å². The predicted molar refractivity (Wildman–Crippen MR) is 64.7 cm³/mol. The quantitative estimate of drug-likeness (QED) is 0.802. The summed E-state index contributed by atoms with van der Waals surface area (Å²) in [6.07, 6.45) is 1.55. The highest BCUT2D eigenvalue weighted by Crippen LogP contribution is 2.05. The molecule has 0 aromatic heterocycles. The average Bonchev–Trinajstić information content (AvgIpc) is 2.28. The lowest BCUT2D eigenvalue weighted by atomic mass is 10.1. The van der Waals surface area contributed by atoms with E-state index in [0.29, 0.717) is 12.3 Å². The van der Waals surface area contributed by atoms with Crippen LogP contribution in [0.2, 0.25) is 0 Å². The standard InChI is InChI=1S/C11H13NO4S/c1-17(16)6-5-12-10(13)8-3-2-4-9(7-8)11(14)15/h2-4,7H,5-6H2,1H3,(H,12,13)(H,14,15). The van der Waals surface area contributed by atoms with Crippen LogP contribution in [0.25, 0.3) is 0 Å². The van der Waals surface area contributed by atoms with E-state index in [9.17, 15) is 13.8 Å². The van der Waals surface area contributed by atoms with Gasteiger partial charge in [-0.15, -0.1) is 0 Å². The van der Waals surface area contributed by atoms with Crippen LogP contribution in [0.3, 0.4) is 0 Å². The molecule has 17 heavy (non-hydrogen) atoms. The minimum atomic E-state index is -1.07. The van der Waals surface area contributed by atoms with Gasteiger partial charge in [0.25, 0.3) is 5.91 Å². The van der Waals surface area contributed by atoms with Crippen molar-refractivity contribution in [2.45, 2.75) is 0 Å². The van der Waals surface area contributed by atoms with Crippen LogP contribution in [0.5, 0.6) is 0 Å². The Bertz CT molecular complexity index is 459. The lowest BCUT2D eigenvalue weighted by Gasteiger charge is -2.04. The van der Waals surface area contributed by atoms with E-state index in [4.69, 9.17) is 5.11 Å². The van der Waals surface area contributed by atoms with Gasteiger partial charge in [-0.05, 0) is 18.2 Å². The predicted octanol–water partition coefficient (Wildman–Crippen LogP) is 0.493. The Balaban J connectivity index is 2.65. The smallest absolute Gasteiger partial charge is 0.335 e. The van der Waals surface area contributed by atoms with Crippen molar-refractivity contribution in [2.75, 3.05) is 18.6 Å². The summed E-state index contributed by atoms with van der Waals surface area (Å²) in [4.78, 5) is 22.3. The highest BCUT2D eigenvalue weighted by atomic mass is 32.2. The number of aromatic carboxylic acids is 1. The number of carboxylic acid groups (broad SMARTS) is 1. The topological polar surface area (TPSA) is 83.5 Å². The van der Waals surface area contributed by atoms with Crippen molar-refractivity contribution in [1.82, 2.24) is 5.32 Å². The fraction of sp³-hybridized carbons (Fsp3) is 0.273. The molecule has 0 bridgehead atoms. The third-order valence-electron chi connectivity index (χ3n) is 2.05. The number of carbonyl (C=O) groups is 2. The summed E-state index contributed by atoms with van der Waals surface area (Å²) in [7, 11) is -0.959. The van der Waals surface area contributed by atoms with E-state index in [1.165, 1.54) is 24.3 Å². The maximum atomic E-state index is 11.6. The fourth-order valence-electron chi connectivity index (χ4n) is 1.20. The number of hydrogen-bond donors (Lipinski definition) is 2. The Kier molecular flexibility index (Phi) is 4.84. The van der Waals surface area contributed by atoms with Crippen molar-refractivity contribution in [3.63, 3.8) is 0 Å². The molecule has 5 nitrogen and oxygen atoms in total. The molecule has 1 aromatic carbocycles. The second kappa shape index (κ2) is 6.15. The van der Waals surface area contributed by atoms with Gasteiger partial charge in [0.1, 0.15) is 0 Å².